The van der Waals surface area contributed by atoms with Crippen molar-refractivity contribution < 1.29 is 22.5 Å². The van der Waals surface area contributed by atoms with Crippen LogP contribution in [0.5, 0.6) is 0 Å². The van der Waals surface area contributed by atoms with Gasteiger partial charge in [0.25, 0.3) is 0 Å². The second-order valence-electron chi connectivity index (χ2n) is 3.62. The van der Waals surface area contributed by atoms with Crippen molar-refractivity contribution in [2.45, 2.75) is 19.0 Å². The molecule has 2 rings (SSSR count). The highest BCUT2D eigenvalue weighted by molar-refractivity contribution is 5.89. The summed E-state index contributed by atoms with van der Waals surface area (Å²) in [7, 11) is 0. The summed E-state index contributed by atoms with van der Waals surface area (Å²) >= 11 is 0. The van der Waals surface area contributed by atoms with Gasteiger partial charge in [-0.05, 0) is 19.1 Å². The highest BCUT2D eigenvalue weighted by Gasteiger charge is 2.44. The van der Waals surface area contributed by atoms with E-state index in [-0.39, 0.29) is 11.7 Å². The number of alkyl halides is 3. The lowest BCUT2D eigenvalue weighted by Crippen LogP contribution is -2.27. The largest absolute Gasteiger partial charge is 0.450 e. The zero-order chi connectivity index (χ0) is 13.3. The average Bonchev–Trinajstić information content (AvgIpc) is 2.95. The van der Waals surface area contributed by atoms with E-state index in [1.807, 2.05) is 0 Å². The predicted molar refractivity (Wildman–Crippen MR) is 53.6 cm³/mol. The molecule has 0 amide bonds. The van der Waals surface area contributed by atoms with Gasteiger partial charge in [0.05, 0.1) is 5.69 Å². The molecule has 0 saturated carbocycles. The molecule has 2 aromatic heterocycles. The molecule has 0 aliphatic carbocycles. The number of hydrogen-bond donors (Lipinski definition) is 1. The number of H-pyrrole nitrogens is 1. The molecular formula is C10H8F3N3O2. The first-order valence-corrected chi connectivity index (χ1v) is 4.98. The molecule has 1 atom stereocenters. The van der Waals surface area contributed by atoms with E-state index in [0.29, 0.717) is 5.69 Å². The van der Waals surface area contributed by atoms with E-state index in [4.69, 9.17) is 0 Å². The molecular weight excluding hydrogens is 251 g/mol. The van der Waals surface area contributed by atoms with Gasteiger partial charge in [-0.3, -0.25) is 4.79 Å². The maximum Gasteiger partial charge on any atom is 0.450 e. The first-order valence-electron chi connectivity index (χ1n) is 4.98. The molecule has 8 heteroatoms. The smallest absolute Gasteiger partial charge is 0.359 e. The summed E-state index contributed by atoms with van der Waals surface area (Å²) in [4.78, 5) is 17.5. The molecule has 0 saturated heterocycles. The summed E-state index contributed by atoms with van der Waals surface area (Å²) < 4.78 is 41.3. The first-order chi connectivity index (χ1) is 8.39. The van der Waals surface area contributed by atoms with Crippen molar-refractivity contribution in [3.8, 4) is 11.5 Å². The Labute approximate surface area is 99.0 Å². The minimum absolute atomic E-state index is 0.108. The van der Waals surface area contributed by atoms with Crippen LogP contribution in [0.1, 0.15) is 18.7 Å². The summed E-state index contributed by atoms with van der Waals surface area (Å²) in [6.45, 7) is 1.07. The third kappa shape index (κ3) is 2.27. The Kier molecular flexibility index (Phi) is 2.93. The summed E-state index contributed by atoms with van der Waals surface area (Å²) in [5.41, 5.74) is 0.497. The number of rotatable bonds is 3. The molecule has 0 aromatic carbocycles. The predicted octanol–water partition coefficient (Wildman–Crippen LogP) is 2.30. The monoisotopic (exact) mass is 259 g/mol. The number of aromatic nitrogens is 3. The van der Waals surface area contributed by atoms with Gasteiger partial charge in [-0.1, -0.05) is 5.16 Å². The van der Waals surface area contributed by atoms with Crippen LogP contribution >= 0.6 is 0 Å². The van der Waals surface area contributed by atoms with Gasteiger partial charge >= 0.3 is 6.18 Å². The average molecular weight is 259 g/mol. The fourth-order valence-electron chi connectivity index (χ4n) is 1.35. The fourth-order valence-corrected chi connectivity index (χ4v) is 1.35. The van der Waals surface area contributed by atoms with Crippen molar-refractivity contribution in [3.63, 3.8) is 0 Å². The second kappa shape index (κ2) is 4.28. The number of Topliss-reactive ketones (excluding diaryl/α,β-unsaturated/α-hetero) is 1. The van der Waals surface area contributed by atoms with Gasteiger partial charge in [0.1, 0.15) is 5.92 Å². The van der Waals surface area contributed by atoms with Gasteiger partial charge in [-0.2, -0.15) is 18.2 Å². The maximum absolute atomic E-state index is 12.2. The highest BCUT2D eigenvalue weighted by atomic mass is 19.4. The third-order valence-corrected chi connectivity index (χ3v) is 2.32. The van der Waals surface area contributed by atoms with Crippen LogP contribution in [0.25, 0.3) is 11.5 Å². The molecule has 1 N–H and O–H groups in total. The highest BCUT2D eigenvalue weighted by Crippen LogP contribution is 2.27. The van der Waals surface area contributed by atoms with E-state index in [1.165, 1.54) is 0 Å². The Morgan fingerprint density at radius 2 is 2.22 bits per heavy atom. The molecule has 1 unspecified atom stereocenters. The Bertz CT molecular complexity index is 545. The zero-order valence-electron chi connectivity index (χ0n) is 9.15. The Morgan fingerprint density at radius 3 is 2.78 bits per heavy atom. The summed E-state index contributed by atoms with van der Waals surface area (Å²) in [6, 6.07) is 3.31. The molecule has 0 radical (unpaired) electrons. The lowest BCUT2D eigenvalue weighted by atomic mass is 10.1. The van der Waals surface area contributed by atoms with Crippen LogP contribution in [0, 0.1) is 0 Å². The van der Waals surface area contributed by atoms with Gasteiger partial charge in [0.15, 0.2) is 0 Å². The van der Waals surface area contributed by atoms with Crippen molar-refractivity contribution in [1.82, 2.24) is 15.1 Å². The number of nitrogens with one attached hydrogen (secondary N) is 1. The third-order valence-electron chi connectivity index (χ3n) is 2.32. The maximum atomic E-state index is 12.2. The number of hydrogen-bond acceptors (Lipinski definition) is 4. The van der Waals surface area contributed by atoms with Crippen LogP contribution in [0.3, 0.4) is 0 Å². The molecule has 0 aliphatic heterocycles. The number of carbonyl (C=O) groups excluding carboxylic acids is 1. The van der Waals surface area contributed by atoms with Gasteiger partial charge < -0.3 is 9.51 Å². The van der Waals surface area contributed by atoms with E-state index in [0.717, 1.165) is 6.92 Å². The quantitative estimate of drug-likeness (QED) is 0.917. The van der Waals surface area contributed by atoms with E-state index in [1.54, 1.807) is 18.3 Å². The molecule has 96 valence electrons. The lowest BCUT2D eigenvalue weighted by Gasteiger charge is -2.07. The van der Waals surface area contributed by atoms with Crippen molar-refractivity contribution in [3.05, 3.63) is 24.2 Å². The number of halogens is 3. The zero-order valence-corrected chi connectivity index (χ0v) is 9.15. The molecule has 0 aliphatic rings. The minimum atomic E-state index is -4.92. The molecule has 0 spiro atoms. The van der Waals surface area contributed by atoms with Crippen LogP contribution in [-0.2, 0) is 4.79 Å². The van der Waals surface area contributed by atoms with Gasteiger partial charge in [-0.15, -0.1) is 0 Å². The van der Waals surface area contributed by atoms with Crippen LogP contribution in [-0.4, -0.2) is 27.1 Å². The summed E-state index contributed by atoms with van der Waals surface area (Å²) in [6.07, 6.45) is -3.31. The Hall–Kier alpha value is -2.12. The normalized spacial score (nSPS) is 13.6. The minimum Gasteiger partial charge on any atom is -0.359 e. The molecule has 18 heavy (non-hydrogen) atoms. The van der Waals surface area contributed by atoms with Crippen LogP contribution < -0.4 is 0 Å². The van der Waals surface area contributed by atoms with E-state index < -0.39 is 17.9 Å². The van der Waals surface area contributed by atoms with Gasteiger partial charge in [0, 0.05) is 6.20 Å². The topological polar surface area (TPSA) is 71.8 Å². The van der Waals surface area contributed by atoms with Crippen molar-refractivity contribution in [1.29, 1.82) is 0 Å². The Balaban J connectivity index is 2.23. The molecule has 2 heterocycles. The molecule has 5 nitrogen and oxygen atoms in total. The van der Waals surface area contributed by atoms with E-state index in [2.05, 4.69) is 19.6 Å². The standard InChI is InChI=1S/C10H8F3N3O2/c1-5(7(17)10(11,12)13)9-15-8(16-18-9)6-3-2-4-14-6/h2-5,14H,1H3. The van der Waals surface area contributed by atoms with Crippen LogP contribution in [0.15, 0.2) is 22.9 Å². The van der Waals surface area contributed by atoms with Crippen LogP contribution in [0.2, 0.25) is 0 Å². The molecule has 0 fully saturated rings. The first kappa shape index (κ1) is 12.3. The van der Waals surface area contributed by atoms with Crippen LogP contribution in [0.4, 0.5) is 13.2 Å². The SMILES string of the molecule is CC(C(=O)C(F)(F)F)c1nc(-c2ccc[nH]2)no1. The lowest BCUT2D eigenvalue weighted by molar-refractivity contribution is -0.172. The van der Waals surface area contributed by atoms with Crippen molar-refractivity contribution >= 4 is 5.78 Å². The summed E-state index contributed by atoms with van der Waals surface area (Å²) in [5.74, 6) is -3.68. The van der Waals surface area contributed by atoms with Gasteiger partial charge in [-0.25, -0.2) is 0 Å². The number of ketones is 1. The molecule has 0 bridgehead atoms. The van der Waals surface area contributed by atoms with Crippen molar-refractivity contribution in [2.75, 3.05) is 0 Å². The van der Waals surface area contributed by atoms with E-state index in [9.17, 15) is 18.0 Å². The summed E-state index contributed by atoms with van der Waals surface area (Å²) in [5, 5.41) is 3.51. The Morgan fingerprint density at radius 1 is 1.50 bits per heavy atom. The number of aromatic amines is 1. The molecule has 2 aromatic rings. The van der Waals surface area contributed by atoms with E-state index >= 15 is 0 Å². The fraction of sp³-hybridized carbons (Fsp3) is 0.300. The van der Waals surface area contributed by atoms with Crippen molar-refractivity contribution in [2.24, 2.45) is 0 Å². The number of carbonyl (C=O) groups is 1. The van der Waals surface area contributed by atoms with Gasteiger partial charge in [0.2, 0.25) is 17.5 Å². The number of nitrogens with zero attached hydrogens (tertiary/aromatic N) is 2. The second-order valence-corrected chi connectivity index (χ2v) is 3.62.